The zero-order chi connectivity index (χ0) is 20.8. The average molecular weight is 415 g/mol. The highest BCUT2D eigenvalue weighted by Crippen LogP contribution is 2.37. The molecule has 4 rings (SSSR count). The summed E-state index contributed by atoms with van der Waals surface area (Å²) >= 11 is 1.75. The summed E-state index contributed by atoms with van der Waals surface area (Å²) in [5.74, 6) is 2.56. The Balaban J connectivity index is 1.75. The van der Waals surface area contributed by atoms with Crippen molar-refractivity contribution in [1.82, 2.24) is 4.98 Å². The van der Waals surface area contributed by atoms with Crippen LogP contribution in [-0.2, 0) is 0 Å². The third-order valence-electron chi connectivity index (χ3n) is 5.75. The molecule has 0 unspecified atom stereocenters. The van der Waals surface area contributed by atoms with Gasteiger partial charge in [-0.15, -0.1) is 11.8 Å². The molecule has 0 bridgehead atoms. The lowest BCUT2D eigenvalue weighted by Crippen LogP contribution is -2.09. The fourth-order valence-electron chi connectivity index (χ4n) is 4.04. The minimum atomic E-state index is 0.667. The Morgan fingerprint density at radius 3 is 2.40 bits per heavy atom. The Morgan fingerprint density at radius 2 is 1.73 bits per heavy atom. The number of hydrogen-bond donors (Lipinski definition) is 0. The third-order valence-corrected chi connectivity index (χ3v) is 6.96. The van der Waals surface area contributed by atoms with Crippen LogP contribution in [0.5, 0.6) is 5.75 Å². The Bertz CT molecular complexity index is 1020. The second-order valence-electron chi connectivity index (χ2n) is 7.76. The van der Waals surface area contributed by atoms with Gasteiger partial charge in [-0.1, -0.05) is 61.7 Å². The number of pyridine rings is 1. The smallest absolute Gasteiger partial charge is 0.118 e. The van der Waals surface area contributed by atoms with E-state index in [1.54, 1.807) is 18.9 Å². The maximum atomic E-state index is 10.0. The van der Waals surface area contributed by atoms with Gasteiger partial charge in [0.25, 0.3) is 0 Å². The minimum Gasteiger partial charge on any atom is -0.497 e. The van der Waals surface area contributed by atoms with Crippen molar-refractivity contribution >= 4 is 11.8 Å². The Morgan fingerprint density at radius 1 is 1.00 bits per heavy atom. The maximum absolute atomic E-state index is 10.0. The number of thioether (sulfide) groups is 1. The van der Waals surface area contributed by atoms with E-state index in [1.807, 2.05) is 48.5 Å². The summed E-state index contributed by atoms with van der Waals surface area (Å²) in [7, 11) is 1.66. The molecule has 3 aromatic rings. The molecule has 4 heteroatoms. The minimum absolute atomic E-state index is 0.667. The first-order valence-electron chi connectivity index (χ1n) is 10.6. The van der Waals surface area contributed by atoms with Crippen LogP contribution in [0.2, 0.25) is 0 Å². The molecule has 1 aromatic heterocycles. The zero-order valence-corrected chi connectivity index (χ0v) is 18.1. The lowest BCUT2D eigenvalue weighted by atomic mass is 9.91. The van der Waals surface area contributed by atoms with Crippen LogP contribution in [0.1, 0.15) is 37.7 Å². The van der Waals surface area contributed by atoms with Crippen LogP contribution in [0.15, 0.2) is 65.7 Å². The van der Waals surface area contributed by atoms with Crippen molar-refractivity contribution in [3.05, 3.63) is 66.2 Å². The molecule has 1 heterocycles. The van der Waals surface area contributed by atoms with Crippen molar-refractivity contribution in [3.8, 4) is 34.2 Å². The van der Waals surface area contributed by atoms with E-state index in [2.05, 4.69) is 18.2 Å². The summed E-state index contributed by atoms with van der Waals surface area (Å²) in [6.45, 7) is 0. The average Bonchev–Trinajstić information content (AvgIpc) is 2.83. The van der Waals surface area contributed by atoms with Crippen LogP contribution in [0, 0.1) is 17.2 Å². The topological polar surface area (TPSA) is 45.9 Å². The van der Waals surface area contributed by atoms with Crippen molar-refractivity contribution < 1.29 is 4.74 Å². The van der Waals surface area contributed by atoms with Crippen LogP contribution in [0.4, 0.5) is 0 Å². The van der Waals surface area contributed by atoms with Crippen molar-refractivity contribution in [1.29, 1.82) is 5.26 Å². The largest absolute Gasteiger partial charge is 0.497 e. The number of benzene rings is 2. The van der Waals surface area contributed by atoms with Gasteiger partial charge >= 0.3 is 0 Å². The van der Waals surface area contributed by atoms with Crippen molar-refractivity contribution in [2.75, 3.05) is 12.9 Å². The molecule has 152 valence electrons. The predicted molar refractivity (Wildman–Crippen MR) is 124 cm³/mol. The molecule has 30 heavy (non-hydrogen) atoms. The van der Waals surface area contributed by atoms with Crippen LogP contribution < -0.4 is 4.74 Å². The molecule has 0 atom stereocenters. The molecule has 1 aliphatic carbocycles. The first-order chi connectivity index (χ1) is 14.8. The lowest BCUT2D eigenvalue weighted by Gasteiger charge is -2.21. The van der Waals surface area contributed by atoms with E-state index in [9.17, 15) is 5.26 Å². The summed E-state index contributed by atoms with van der Waals surface area (Å²) in [5, 5.41) is 10.9. The lowest BCUT2D eigenvalue weighted by molar-refractivity contribution is 0.391. The van der Waals surface area contributed by atoms with E-state index in [4.69, 9.17) is 9.72 Å². The summed E-state index contributed by atoms with van der Waals surface area (Å²) in [4.78, 5) is 4.93. The van der Waals surface area contributed by atoms with Crippen LogP contribution in [0.3, 0.4) is 0 Å². The Kier molecular flexibility index (Phi) is 6.71. The van der Waals surface area contributed by atoms with Gasteiger partial charge in [0.05, 0.1) is 18.4 Å². The molecule has 0 radical (unpaired) electrons. The first kappa shape index (κ1) is 20.5. The second kappa shape index (κ2) is 9.82. The first-order valence-corrected chi connectivity index (χ1v) is 11.5. The van der Waals surface area contributed by atoms with Crippen molar-refractivity contribution in [3.63, 3.8) is 0 Å². The number of nitrogens with zero attached hydrogens (tertiary/aromatic N) is 2. The van der Waals surface area contributed by atoms with Crippen LogP contribution >= 0.6 is 11.8 Å². The van der Waals surface area contributed by atoms with E-state index in [1.165, 1.54) is 32.1 Å². The summed E-state index contributed by atoms with van der Waals surface area (Å²) in [5.41, 5.74) is 4.58. The Labute approximate surface area is 183 Å². The number of hydrogen-bond acceptors (Lipinski definition) is 4. The highest BCUT2D eigenvalue weighted by atomic mass is 32.2. The van der Waals surface area contributed by atoms with Gasteiger partial charge in [-0.05, 0) is 42.5 Å². The summed E-state index contributed by atoms with van der Waals surface area (Å²) < 4.78 is 5.30. The highest BCUT2D eigenvalue weighted by Gasteiger charge is 2.19. The van der Waals surface area contributed by atoms with E-state index >= 15 is 0 Å². The van der Waals surface area contributed by atoms with Crippen LogP contribution in [-0.4, -0.2) is 17.8 Å². The quantitative estimate of drug-likeness (QED) is 0.409. The number of methoxy groups -OCH3 is 1. The van der Waals surface area contributed by atoms with E-state index in [0.717, 1.165) is 44.8 Å². The molecular formula is C26H26N2OS. The van der Waals surface area contributed by atoms with E-state index in [0.29, 0.717) is 5.56 Å². The fourth-order valence-corrected chi connectivity index (χ4v) is 5.23. The second-order valence-corrected chi connectivity index (χ2v) is 8.77. The monoisotopic (exact) mass is 414 g/mol. The standard InChI is InChI=1S/C26H26N2OS/c1-29-22-14-12-20(13-15-22)23-16-25(21-10-6-3-7-11-21)28-26(24(23)17-27)30-18-19-8-4-2-5-9-19/h3,6-7,10-16,19H,2,4-5,8-9,18H2,1H3. The van der Waals surface area contributed by atoms with Gasteiger partial charge in [-0.25, -0.2) is 4.98 Å². The number of rotatable bonds is 6. The van der Waals surface area contributed by atoms with Crippen molar-refractivity contribution in [2.24, 2.45) is 5.92 Å². The van der Waals surface area contributed by atoms with Gasteiger partial charge in [0.2, 0.25) is 0 Å². The molecule has 1 fully saturated rings. The van der Waals surface area contributed by atoms with E-state index < -0.39 is 0 Å². The SMILES string of the molecule is COc1ccc(-c2cc(-c3ccccc3)nc(SCC3CCCCC3)c2C#N)cc1. The van der Waals surface area contributed by atoms with Gasteiger partial charge in [-0.2, -0.15) is 5.26 Å². The number of nitriles is 1. The van der Waals surface area contributed by atoms with Crippen LogP contribution in [0.25, 0.3) is 22.4 Å². The molecular weight excluding hydrogens is 388 g/mol. The molecule has 3 nitrogen and oxygen atoms in total. The normalized spacial score (nSPS) is 14.3. The number of aromatic nitrogens is 1. The maximum Gasteiger partial charge on any atom is 0.118 e. The molecule has 0 spiro atoms. The fraction of sp³-hybridized carbons (Fsp3) is 0.308. The van der Waals surface area contributed by atoms with Gasteiger partial charge in [0, 0.05) is 16.9 Å². The van der Waals surface area contributed by atoms with Gasteiger partial charge in [0.1, 0.15) is 16.8 Å². The molecule has 0 N–H and O–H groups in total. The number of ether oxygens (including phenoxy) is 1. The molecule has 1 saturated carbocycles. The third kappa shape index (κ3) is 4.68. The van der Waals surface area contributed by atoms with Gasteiger partial charge in [0.15, 0.2) is 0 Å². The van der Waals surface area contributed by atoms with Gasteiger partial charge < -0.3 is 4.74 Å². The Hall–Kier alpha value is -2.77. The predicted octanol–water partition coefficient (Wildman–Crippen LogP) is 6.97. The molecule has 1 aliphatic rings. The molecule has 0 aliphatic heterocycles. The van der Waals surface area contributed by atoms with Gasteiger partial charge in [-0.3, -0.25) is 0 Å². The summed E-state index contributed by atoms with van der Waals surface area (Å²) in [6.07, 6.45) is 6.58. The molecule has 0 saturated heterocycles. The highest BCUT2D eigenvalue weighted by molar-refractivity contribution is 7.99. The zero-order valence-electron chi connectivity index (χ0n) is 17.3. The molecule has 0 amide bonds. The van der Waals surface area contributed by atoms with Crippen molar-refractivity contribution in [2.45, 2.75) is 37.1 Å². The summed E-state index contributed by atoms with van der Waals surface area (Å²) in [6, 6.07) is 22.6. The van der Waals surface area contributed by atoms with E-state index in [-0.39, 0.29) is 0 Å². The molecule has 2 aromatic carbocycles.